The average Bonchev–Trinajstić information content (AvgIpc) is 2.09. The van der Waals surface area contributed by atoms with Crippen LogP contribution in [-0.4, -0.2) is 6.54 Å². The van der Waals surface area contributed by atoms with Crippen LogP contribution in [0.5, 0.6) is 0 Å². The molecule has 0 unspecified atom stereocenters. The Morgan fingerprint density at radius 1 is 1.29 bits per heavy atom. The van der Waals surface area contributed by atoms with Crippen LogP contribution in [0.1, 0.15) is 12.0 Å². The molecule has 0 saturated carbocycles. The monoisotopic (exact) mass is 239 g/mol. The van der Waals surface area contributed by atoms with E-state index in [1.807, 2.05) is 0 Å². The van der Waals surface area contributed by atoms with E-state index in [-0.39, 0.29) is 22.2 Å². The maximum Gasteiger partial charge on any atom is 0.275 e. The molecule has 0 heterocycles. The lowest BCUT2D eigenvalue weighted by Gasteiger charge is -2.17. The molecular weight excluding hydrogens is 231 g/mol. The Morgan fingerprint density at radius 3 is 2.50 bits per heavy atom. The highest BCUT2D eigenvalue weighted by atomic mass is 35.5. The predicted octanol–water partition coefficient (Wildman–Crippen LogP) is 3.43. The Morgan fingerprint density at radius 2 is 1.93 bits per heavy atom. The van der Waals surface area contributed by atoms with Gasteiger partial charge in [-0.2, -0.15) is 0 Å². The molecule has 0 atom stereocenters. The molecule has 0 fully saturated rings. The third kappa shape index (κ3) is 2.35. The Balaban J connectivity index is 3.12. The van der Waals surface area contributed by atoms with E-state index in [0.717, 1.165) is 0 Å². The van der Waals surface area contributed by atoms with Gasteiger partial charge in [0.2, 0.25) is 0 Å². The first-order valence-corrected chi connectivity index (χ1v) is 4.77. The minimum atomic E-state index is -3.02. The Kier molecular flexibility index (Phi) is 3.70. The van der Waals surface area contributed by atoms with Crippen LogP contribution >= 0.6 is 23.2 Å². The zero-order valence-electron chi connectivity index (χ0n) is 7.24. The number of rotatable bonds is 3. The van der Waals surface area contributed by atoms with Crippen molar-refractivity contribution in [3.05, 3.63) is 33.8 Å². The van der Waals surface area contributed by atoms with Crippen LogP contribution in [0.15, 0.2) is 18.2 Å². The number of nitrogens with two attached hydrogens (primary N) is 1. The molecule has 1 aromatic rings. The van der Waals surface area contributed by atoms with E-state index in [2.05, 4.69) is 0 Å². The summed E-state index contributed by atoms with van der Waals surface area (Å²) in [6, 6.07) is 4.16. The van der Waals surface area contributed by atoms with Crippen molar-refractivity contribution in [1.29, 1.82) is 0 Å². The zero-order chi connectivity index (χ0) is 10.8. The van der Waals surface area contributed by atoms with E-state index in [1.165, 1.54) is 18.2 Å². The molecule has 0 bridgehead atoms. The van der Waals surface area contributed by atoms with Gasteiger partial charge in [0, 0.05) is 12.0 Å². The number of benzene rings is 1. The molecule has 0 saturated heterocycles. The van der Waals surface area contributed by atoms with Crippen molar-refractivity contribution in [3.8, 4) is 0 Å². The molecule has 2 N–H and O–H groups in total. The molecule has 5 heteroatoms. The van der Waals surface area contributed by atoms with Crippen LogP contribution in [0.2, 0.25) is 10.0 Å². The topological polar surface area (TPSA) is 26.0 Å². The van der Waals surface area contributed by atoms with Gasteiger partial charge >= 0.3 is 0 Å². The van der Waals surface area contributed by atoms with E-state index in [9.17, 15) is 8.78 Å². The van der Waals surface area contributed by atoms with E-state index < -0.39 is 12.3 Å². The molecule has 14 heavy (non-hydrogen) atoms. The maximum atomic E-state index is 13.4. The van der Waals surface area contributed by atoms with Crippen molar-refractivity contribution in [2.45, 2.75) is 12.3 Å². The summed E-state index contributed by atoms with van der Waals surface area (Å²) in [6.45, 7) is -0.101. The second-order valence-corrected chi connectivity index (χ2v) is 3.63. The molecular formula is C9H9Cl2F2N. The first-order valence-electron chi connectivity index (χ1n) is 4.01. The second kappa shape index (κ2) is 4.43. The summed E-state index contributed by atoms with van der Waals surface area (Å²) in [4.78, 5) is 0. The molecule has 0 aliphatic carbocycles. The van der Waals surface area contributed by atoms with Gasteiger partial charge < -0.3 is 5.73 Å². The van der Waals surface area contributed by atoms with Gasteiger partial charge in [0.1, 0.15) is 0 Å². The largest absolute Gasteiger partial charge is 0.330 e. The minimum absolute atomic E-state index is 0.101. The van der Waals surface area contributed by atoms with Crippen LogP contribution in [0.25, 0.3) is 0 Å². The summed E-state index contributed by atoms with van der Waals surface area (Å²) in [5.41, 5.74) is 4.82. The molecule has 0 radical (unpaired) electrons. The molecule has 78 valence electrons. The van der Waals surface area contributed by atoms with Crippen LogP contribution in [0, 0.1) is 0 Å². The smallest absolute Gasteiger partial charge is 0.275 e. The third-order valence-electron chi connectivity index (χ3n) is 1.80. The summed E-state index contributed by atoms with van der Waals surface area (Å²) in [7, 11) is 0. The van der Waals surface area contributed by atoms with Crippen molar-refractivity contribution in [1.82, 2.24) is 0 Å². The van der Waals surface area contributed by atoms with Gasteiger partial charge in [0.25, 0.3) is 5.92 Å². The Bertz CT molecular complexity index is 329. The lowest BCUT2D eigenvalue weighted by Crippen LogP contribution is -2.19. The fraction of sp³-hybridized carbons (Fsp3) is 0.333. The maximum absolute atomic E-state index is 13.4. The Labute approximate surface area is 90.8 Å². The quantitative estimate of drug-likeness (QED) is 0.860. The molecule has 1 nitrogen and oxygen atoms in total. The van der Waals surface area contributed by atoms with Crippen LogP contribution in [0.4, 0.5) is 8.78 Å². The van der Waals surface area contributed by atoms with Gasteiger partial charge in [0.15, 0.2) is 0 Å². The summed E-state index contributed by atoms with van der Waals surface area (Å²) >= 11 is 11.3. The van der Waals surface area contributed by atoms with Crippen molar-refractivity contribution in [2.75, 3.05) is 6.54 Å². The lowest BCUT2D eigenvalue weighted by atomic mass is 10.1. The molecule has 1 aromatic carbocycles. The van der Waals surface area contributed by atoms with Crippen LogP contribution in [-0.2, 0) is 5.92 Å². The van der Waals surface area contributed by atoms with Crippen molar-refractivity contribution in [3.63, 3.8) is 0 Å². The summed E-state index contributed by atoms with van der Waals surface area (Å²) in [5.74, 6) is -3.02. The highest BCUT2D eigenvalue weighted by Gasteiger charge is 2.33. The normalized spacial score (nSPS) is 11.8. The van der Waals surface area contributed by atoms with Gasteiger partial charge in [-0.05, 0) is 12.6 Å². The van der Waals surface area contributed by atoms with E-state index in [0.29, 0.717) is 0 Å². The van der Waals surface area contributed by atoms with Gasteiger partial charge in [-0.3, -0.25) is 0 Å². The average molecular weight is 240 g/mol. The minimum Gasteiger partial charge on any atom is -0.330 e. The summed E-state index contributed by atoms with van der Waals surface area (Å²) in [5, 5.41) is 0.0217. The molecule has 0 amide bonds. The fourth-order valence-corrected chi connectivity index (χ4v) is 1.54. The fourth-order valence-electron chi connectivity index (χ4n) is 1.10. The summed E-state index contributed by atoms with van der Waals surface area (Å²) < 4.78 is 26.7. The highest BCUT2D eigenvalue weighted by molar-refractivity contribution is 6.42. The van der Waals surface area contributed by atoms with Crippen LogP contribution < -0.4 is 5.73 Å². The standard InChI is InChI=1S/C9H9Cl2F2N/c10-7-3-1-2-6(8(7)11)9(12,13)4-5-14/h1-3H,4-5,14H2. The summed E-state index contributed by atoms with van der Waals surface area (Å²) in [6.07, 6.45) is -0.437. The van der Waals surface area contributed by atoms with Gasteiger partial charge in [-0.25, -0.2) is 8.78 Å². The van der Waals surface area contributed by atoms with Crippen molar-refractivity contribution >= 4 is 23.2 Å². The van der Waals surface area contributed by atoms with Gasteiger partial charge in [0.05, 0.1) is 10.0 Å². The van der Waals surface area contributed by atoms with Crippen molar-refractivity contribution < 1.29 is 8.78 Å². The first-order chi connectivity index (χ1) is 6.49. The molecule has 0 aliphatic rings. The van der Waals surface area contributed by atoms with Gasteiger partial charge in [-0.15, -0.1) is 0 Å². The van der Waals surface area contributed by atoms with Gasteiger partial charge in [-0.1, -0.05) is 35.3 Å². The number of hydrogen-bond acceptors (Lipinski definition) is 1. The highest BCUT2D eigenvalue weighted by Crippen LogP contribution is 2.38. The van der Waals surface area contributed by atoms with E-state index in [1.54, 1.807) is 0 Å². The number of halogens is 4. The number of alkyl halides is 2. The SMILES string of the molecule is NCCC(F)(F)c1cccc(Cl)c1Cl. The lowest BCUT2D eigenvalue weighted by molar-refractivity contribution is -0.0106. The van der Waals surface area contributed by atoms with Crippen LogP contribution in [0.3, 0.4) is 0 Å². The Hall–Kier alpha value is -0.380. The van der Waals surface area contributed by atoms with E-state index in [4.69, 9.17) is 28.9 Å². The third-order valence-corrected chi connectivity index (χ3v) is 2.62. The zero-order valence-corrected chi connectivity index (χ0v) is 8.75. The predicted molar refractivity (Wildman–Crippen MR) is 54.0 cm³/mol. The van der Waals surface area contributed by atoms with Crippen molar-refractivity contribution in [2.24, 2.45) is 5.73 Å². The first kappa shape index (κ1) is 11.7. The molecule has 0 spiro atoms. The van der Waals surface area contributed by atoms with E-state index >= 15 is 0 Å². The molecule has 1 rings (SSSR count). The molecule has 0 aliphatic heterocycles. The molecule has 0 aromatic heterocycles. The number of hydrogen-bond donors (Lipinski definition) is 1. The second-order valence-electron chi connectivity index (χ2n) is 2.84.